The van der Waals surface area contributed by atoms with Gasteiger partial charge in [0.25, 0.3) is 5.91 Å². The maximum atomic E-state index is 12.5. The number of nitro groups is 1. The molecule has 186 valence electrons. The molecule has 5 aromatic rings. The topological polar surface area (TPSA) is 133 Å². The normalized spacial score (nSPS) is 10.9. The lowest BCUT2D eigenvalue weighted by molar-refractivity contribution is -0.396. The molecule has 11 nitrogen and oxygen atoms in total. The lowest BCUT2D eigenvalue weighted by atomic mass is 10.1. The van der Waals surface area contributed by atoms with E-state index >= 15 is 0 Å². The molecular formula is C26H24N8O3. The second kappa shape index (κ2) is 10.3. The van der Waals surface area contributed by atoms with Crippen LogP contribution < -0.4 is 10.6 Å². The molecule has 0 saturated carbocycles. The number of nitrogens with zero attached hydrogens (tertiary/aromatic N) is 6. The molecule has 0 atom stereocenters. The number of aromatic nitrogens is 5. The highest BCUT2D eigenvalue weighted by Gasteiger charge is 2.14. The maximum absolute atomic E-state index is 12.5. The van der Waals surface area contributed by atoms with Gasteiger partial charge in [0.2, 0.25) is 5.95 Å². The quantitative estimate of drug-likeness (QED) is 0.177. The molecule has 11 heteroatoms. The number of aryl methyl sites for hydroxylation is 2. The summed E-state index contributed by atoms with van der Waals surface area (Å²) >= 11 is 0. The van der Waals surface area contributed by atoms with Gasteiger partial charge in [0.15, 0.2) is 0 Å². The van der Waals surface area contributed by atoms with Crippen LogP contribution in [0.5, 0.6) is 0 Å². The molecule has 0 radical (unpaired) electrons. The summed E-state index contributed by atoms with van der Waals surface area (Å²) in [6.07, 6.45) is 7.24. The van der Waals surface area contributed by atoms with E-state index in [0.29, 0.717) is 31.0 Å². The van der Waals surface area contributed by atoms with Gasteiger partial charge in [-0.15, -0.1) is 0 Å². The third-order valence-corrected chi connectivity index (χ3v) is 5.95. The predicted octanol–water partition coefficient (Wildman–Crippen LogP) is 4.30. The van der Waals surface area contributed by atoms with Gasteiger partial charge < -0.3 is 25.3 Å². The summed E-state index contributed by atoms with van der Waals surface area (Å²) in [4.78, 5) is 35.6. The molecule has 1 amide bonds. The van der Waals surface area contributed by atoms with Crippen molar-refractivity contribution in [1.29, 1.82) is 0 Å². The number of benzene rings is 2. The molecule has 0 aliphatic heterocycles. The van der Waals surface area contributed by atoms with Crippen LogP contribution in [-0.2, 0) is 13.6 Å². The smallest absolute Gasteiger partial charge is 0.390 e. The first-order valence-corrected chi connectivity index (χ1v) is 11.7. The molecule has 3 aromatic heterocycles. The third kappa shape index (κ3) is 5.15. The summed E-state index contributed by atoms with van der Waals surface area (Å²) in [5, 5.41) is 18.1. The fourth-order valence-electron chi connectivity index (χ4n) is 4.15. The van der Waals surface area contributed by atoms with E-state index in [1.54, 1.807) is 36.7 Å². The Kier molecular flexibility index (Phi) is 6.58. The average Bonchev–Trinajstić information content (AvgIpc) is 3.52. The van der Waals surface area contributed by atoms with Gasteiger partial charge in [0, 0.05) is 53.7 Å². The fourth-order valence-corrected chi connectivity index (χ4v) is 4.15. The number of amides is 1. The Hall–Kier alpha value is -5.06. The minimum absolute atomic E-state index is 0.207. The number of rotatable bonds is 9. The van der Waals surface area contributed by atoms with Crippen molar-refractivity contribution in [3.63, 3.8) is 0 Å². The van der Waals surface area contributed by atoms with Crippen molar-refractivity contribution in [2.75, 3.05) is 11.9 Å². The highest BCUT2D eigenvalue weighted by Crippen LogP contribution is 2.29. The highest BCUT2D eigenvalue weighted by atomic mass is 16.6. The molecule has 0 fully saturated rings. The van der Waals surface area contributed by atoms with Gasteiger partial charge in [0.05, 0.1) is 12.2 Å². The maximum Gasteiger partial charge on any atom is 0.434 e. The van der Waals surface area contributed by atoms with Crippen molar-refractivity contribution in [3.8, 4) is 11.3 Å². The van der Waals surface area contributed by atoms with Gasteiger partial charge in [-0.3, -0.25) is 4.79 Å². The molecule has 0 unspecified atom stereocenters. The van der Waals surface area contributed by atoms with E-state index in [1.807, 2.05) is 25.2 Å². The molecule has 0 aliphatic rings. The Labute approximate surface area is 212 Å². The Bertz CT molecular complexity index is 1570. The Morgan fingerprint density at radius 2 is 1.86 bits per heavy atom. The van der Waals surface area contributed by atoms with Crippen LogP contribution in [0.4, 0.5) is 17.6 Å². The van der Waals surface area contributed by atoms with Gasteiger partial charge in [-0.2, -0.15) is 0 Å². The molecule has 0 aliphatic carbocycles. The van der Waals surface area contributed by atoms with E-state index in [1.165, 1.54) is 10.8 Å². The van der Waals surface area contributed by atoms with Gasteiger partial charge >= 0.3 is 5.95 Å². The number of hydrogen-bond acceptors (Lipinski definition) is 7. The minimum atomic E-state index is -0.529. The van der Waals surface area contributed by atoms with Crippen LogP contribution in [0.1, 0.15) is 16.8 Å². The van der Waals surface area contributed by atoms with Crippen LogP contribution in [0.15, 0.2) is 79.4 Å². The molecule has 2 aromatic carbocycles. The number of imidazole rings is 1. The van der Waals surface area contributed by atoms with Gasteiger partial charge in [0.1, 0.15) is 12.4 Å². The van der Waals surface area contributed by atoms with Crippen LogP contribution in [0.2, 0.25) is 0 Å². The molecule has 5 rings (SSSR count). The number of fused-ring (bicyclic) bond motifs is 1. The molecule has 3 heterocycles. The highest BCUT2D eigenvalue weighted by molar-refractivity contribution is 5.95. The van der Waals surface area contributed by atoms with Crippen LogP contribution in [-0.4, -0.2) is 41.5 Å². The standard InChI is InChI=1S/C26H24N8O3/c1-32-17-21(20-5-2-3-6-23(20)32)22-11-13-28-25(31-22)30-19-9-7-18(8-10-19)24(35)27-12-4-15-33-16-14-29-26(33)34(36)37/h2-3,5-11,13-14,16-17H,4,12,15H2,1H3,(H,27,35)(H,28,30,31). The van der Waals surface area contributed by atoms with E-state index in [-0.39, 0.29) is 11.9 Å². The summed E-state index contributed by atoms with van der Waals surface area (Å²) in [5.74, 6) is 0.0261. The van der Waals surface area contributed by atoms with Crippen molar-refractivity contribution in [2.45, 2.75) is 13.0 Å². The van der Waals surface area contributed by atoms with E-state index in [0.717, 1.165) is 27.8 Å². The number of carbonyl (C=O) groups is 1. The lowest BCUT2D eigenvalue weighted by Crippen LogP contribution is -2.25. The van der Waals surface area contributed by atoms with Crippen molar-refractivity contribution in [1.82, 2.24) is 29.4 Å². The zero-order valence-electron chi connectivity index (χ0n) is 20.0. The van der Waals surface area contributed by atoms with Crippen molar-refractivity contribution < 1.29 is 9.72 Å². The number of carbonyl (C=O) groups excluding carboxylic acids is 1. The SMILES string of the molecule is Cn1cc(-c2ccnc(Nc3ccc(C(=O)NCCCn4ccnc4[N+](=O)[O-])cc3)n2)c2ccccc21. The van der Waals surface area contributed by atoms with E-state index < -0.39 is 4.92 Å². The number of hydrogen-bond donors (Lipinski definition) is 2. The summed E-state index contributed by atoms with van der Waals surface area (Å²) in [7, 11) is 2.01. The Balaban J connectivity index is 1.19. The first-order chi connectivity index (χ1) is 18.0. The first-order valence-electron chi connectivity index (χ1n) is 11.7. The molecule has 0 saturated heterocycles. The zero-order valence-corrected chi connectivity index (χ0v) is 20.0. The third-order valence-electron chi connectivity index (χ3n) is 5.95. The van der Waals surface area contributed by atoms with Crippen LogP contribution in [0.3, 0.4) is 0 Å². The van der Waals surface area contributed by atoms with Crippen LogP contribution in [0.25, 0.3) is 22.2 Å². The Morgan fingerprint density at radius 1 is 1.05 bits per heavy atom. The van der Waals surface area contributed by atoms with Gasteiger partial charge in [-0.05, 0) is 47.7 Å². The summed E-state index contributed by atoms with van der Waals surface area (Å²) in [5.41, 5.74) is 4.22. The van der Waals surface area contributed by atoms with Crippen molar-refractivity contribution in [2.24, 2.45) is 7.05 Å². The van der Waals surface area contributed by atoms with Gasteiger partial charge in [-0.1, -0.05) is 23.2 Å². The number of anilines is 2. The fraction of sp³-hybridized carbons (Fsp3) is 0.154. The first kappa shape index (κ1) is 23.7. The molecule has 37 heavy (non-hydrogen) atoms. The average molecular weight is 497 g/mol. The second-order valence-corrected chi connectivity index (χ2v) is 8.43. The molecule has 0 spiro atoms. The Morgan fingerprint density at radius 3 is 2.68 bits per heavy atom. The van der Waals surface area contributed by atoms with Crippen molar-refractivity contribution in [3.05, 3.63) is 95.1 Å². The van der Waals surface area contributed by atoms with E-state index in [4.69, 9.17) is 0 Å². The predicted molar refractivity (Wildman–Crippen MR) is 140 cm³/mol. The molecular weight excluding hydrogens is 472 g/mol. The summed E-state index contributed by atoms with van der Waals surface area (Å²) < 4.78 is 3.52. The van der Waals surface area contributed by atoms with E-state index in [2.05, 4.69) is 48.5 Å². The number of para-hydroxylation sites is 1. The van der Waals surface area contributed by atoms with Crippen LogP contribution >= 0.6 is 0 Å². The summed E-state index contributed by atoms with van der Waals surface area (Å²) in [6.45, 7) is 0.764. The van der Waals surface area contributed by atoms with E-state index in [9.17, 15) is 14.9 Å². The monoisotopic (exact) mass is 496 g/mol. The second-order valence-electron chi connectivity index (χ2n) is 8.43. The minimum Gasteiger partial charge on any atom is -0.390 e. The van der Waals surface area contributed by atoms with Gasteiger partial charge in [-0.25, -0.2) is 14.5 Å². The van der Waals surface area contributed by atoms with Crippen LogP contribution in [0, 0.1) is 10.1 Å². The summed E-state index contributed by atoms with van der Waals surface area (Å²) in [6, 6.07) is 17.1. The lowest BCUT2D eigenvalue weighted by Gasteiger charge is -2.08. The molecule has 2 N–H and O–H groups in total. The number of nitrogens with one attached hydrogen (secondary N) is 2. The zero-order chi connectivity index (χ0) is 25.8. The largest absolute Gasteiger partial charge is 0.434 e. The van der Waals surface area contributed by atoms with Crippen molar-refractivity contribution >= 4 is 34.4 Å². The molecule has 0 bridgehead atoms.